The highest BCUT2D eigenvalue weighted by atomic mass is 16.5. The first-order valence-corrected chi connectivity index (χ1v) is 6.27. The second-order valence-corrected chi connectivity index (χ2v) is 4.78. The molecule has 5 nitrogen and oxygen atoms in total. The van der Waals surface area contributed by atoms with Crippen molar-refractivity contribution in [2.45, 2.75) is 26.3 Å². The first kappa shape index (κ1) is 13.5. The molecule has 0 unspecified atom stereocenters. The van der Waals surface area contributed by atoms with Crippen LogP contribution in [0.3, 0.4) is 0 Å². The number of carboxylic acids is 1. The van der Waals surface area contributed by atoms with Crippen LogP contribution in [0.1, 0.15) is 35.9 Å². The fourth-order valence-corrected chi connectivity index (χ4v) is 2.13. The topological polar surface area (TPSA) is 64.4 Å². The van der Waals surface area contributed by atoms with Crippen LogP contribution in [0.5, 0.6) is 0 Å². The van der Waals surface area contributed by atoms with Crippen molar-refractivity contribution >= 4 is 17.0 Å². The lowest BCUT2D eigenvalue weighted by atomic mass is 10.2. The number of ether oxygens (including phenoxy) is 1. The minimum absolute atomic E-state index is 0.275. The molecule has 0 saturated heterocycles. The maximum atomic E-state index is 11.1. The molecule has 0 aliphatic heterocycles. The van der Waals surface area contributed by atoms with E-state index in [1.807, 2.05) is 4.57 Å². The van der Waals surface area contributed by atoms with E-state index in [2.05, 4.69) is 18.8 Å². The number of carbonyl (C=O) groups is 1. The van der Waals surface area contributed by atoms with E-state index in [0.29, 0.717) is 13.2 Å². The van der Waals surface area contributed by atoms with Crippen LogP contribution in [-0.4, -0.2) is 34.3 Å². The van der Waals surface area contributed by atoms with Crippen molar-refractivity contribution in [2.75, 3.05) is 13.7 Å². The summed E-state index contributed by atoms with van der Waals surface area (Å²) in [5, 5.41) is 9.07. The van der Waals surface area contributed by atoms with Gasteiger partial charge in [-0.05, 0) is 18.2 Å². The molecule has 0 atom stereocenters. The summed E-state index contributed by atoms with van der Waals surface area (Å²) < 4.78 is 7.15. The maximum Gasteiger partial charge on any atom is 0.335 e. The zero-order valence-electron chi connectivity index (χ0n) is 11.4. The maximum absolute atomic E-state index is 11.1. The minimum atomic E-state index is -0.924. The van der Waals surface area contributed by atoms with Crippen LogP contribution in [0.15, 0.2) is 18.2 Å². The largest absolute Gasteiger partial charge is 0.478 e. The predicted molar refractivity (Wildman–Crippen MR) is 72.7 cm³/mol. The number of methoxy groups -OCH3 is 1. The normalized spacial score (nSPS) is 11.4. The Bertz CT molecular complexity index is 602. The van der Waals surface area contributed by atoms with E-state index in [1.54, 1.807) is 25.3 Å². The Kier molecular flexibility index (Phi) is 3.85. The third-order valence-corrected chi connectivity index (χ3v) is 3.06. The number of nitrogens with zero attached hydrogens (tertiary/aromatic N) is 2. The first-order chi connectivity index (χ1) is 9.04. The van der Waals surface area contributed by atoms with Crippen LogP contribution in [0, 0.1) is 0 Å². The Balaban J connectivity index is 2.59. The molecular formula is C14H18N2O3. The van der Waals surface area contributed by atoms with Gasteiger partial charge in [0.2, 0.25) is 0 Å². The van der Waals surface area contributed by atoms with Crippen LogP contribution in [0.25, 0.3) is 11.0 Å². The fourth-order valence-electron chi connectivity index (χ4n) is 2.13. The molecule has 0 bridgehead atoms. The van der Waals surface area contributed by atoms with Crippen LogP contribution in [0.4, 0.5) is 0 Å². The molecule has 0 fully saturated rings. The Labute approximate surface area is 111 Å². The molecule has 1 heterocycles. The highest BCUT2D eigenvalue weighted by molar-refractivity contribution is 5.92. The third-order valence-electron chi connectivity index (χ3n) is 3.06. The molecule has 2 rings (SSSR count). The van der Waals surface area contributed by atoms with E-state index in [-0.39, 0.29) is 11.5 Å². The molecule has 0 aliphatic rings. The average Bonchev–Trinajstić information content (AvgIpc) is 2.74. The van der Waals surface area contributed by atoms with Gasteiger partial charge in [0.05, 0.1) is 23.2 Å². The van der Waals surface area contributed by atoms with E-state index in [9.17, 15) is 4.79 Å². The summed E-state index contributed by atoms with van der Waals surface area (Å²) in [4.78, 5) is 15.6. The summed E-state index contributed by atoms with van der Waals surface area (Å²) in [5.74, 6) is 0.305. The highest BCUT2D eigenvalue weighted by Gasteiger charge is 2.15. The van der Waals surface area contributed by atoms with Gasteiger partial charge in [-0.3, -0.25) is 0 Å². The van der Waals surface area contributed by atoms with Gasteiger partial charge >= 0.3 is 5.97 Å². The van der Waals surface area contributed by atoms with E-state index in [0.717, 1.165) is 16.9 Å². The van der Waals surface area contributed by atoms with Gasteiger partial charge in [-0.2, -0.15) is 0 Å². The summed E-state index contributed by atoms with van der Waals surface area (Å²) in [6, 6.07) is 5.02. The number of hydrogen-bond acceptors (Lipinski definition) is 3. The van der Waals surface area contributed by atoms with E-state index in [1.165, 1.54) is 0 Å². The zero-order chi connectivity index (χ0) is 14.0. The number of imidazole rings is 1. The molecule has 0 aliphatic carbocycles. The molecule has 1 aromatic carbocycles. The van der Waals surface area contributed by atoms with Gasteiger partial charge in [0, 0.05) is 19.6 Å². The quantitative estimate of drug-likeness (QED) is 0.899. The lowest BCUT2D eigenvalue weighted by molar-refractivity contribution is 0.0697. The second-order valence-electron chi connectivity index (χ2n) is 4.78. The summed E-state index contributed by atoms with van der Waals surface area (Å²) in [7, 11) is 1.65. The van der Waals surface area contributed by atoms with Crippen molar-refractivity contribution in [3.8, 4) is 0 Å². The first-order valence-electron chi connectivity index (χ1n) is 6.27. The fraction of sp³-hybridized carbons (Fsp3) is 0.429. The molecule has 0 spiro atoms. The van der Waals surface area contributed by atoms with Crippen molar-refractivity contribution in [1.29, 1.82) is 0 Å². The van der Waals surface area contributed by atoms with Gasteiger partial charge < -0.3 is 14.4 Å². The van der Waals surface area contributed by atoms with Crippen molar-refractivity contribution < 1.29 is 14.6 Å². The molecule has 102 valence electrons. The molecule has 0 amide bonds. The Morgan fingerprint density at radius 1 is 1.47 bits per heavy atom. The van der Waals surface area contributed by atoms with Gasteiger partial charge in [0.25, 0.3) is 0 Å². The summed E-state index contributed by atoms with van der Waals surface area (Å²) in [5.41, 5.74) is 1.95. The molecule has 1 N–H and O–H groups in total. The molecule has 19 heavy (non-hydrogen) atoms. The van der Waals surface area contributed by atoms with Gasteiger partial charge in [-0.15, -0.1) is 0 Å². The number of hydrogen-bond donors (Lipinski definition) is 1. The number of rotatable bonds is 5. The molecule has 5 heteroatoms. The second kappa shape index (κ2) is 5.40. The van der Waals surface area contributed by atoms with E-state index in [4.69, 9.17) is 9.84 Å². The summed E-state index contributed by atoms with van der Waals surface area (Å²) in [6.45, 7) is 5.39. The zero-order valence-corrected chi connectivity index (χ0v) is 11.4. The molecule has 1 aromatic heterocycles. The number of aromatic nitrogens is 2. The van der Waals surface area contributed by atoms with Gasteiger partial charge in [-0.25, -0.2) is 9.78 Å². The monoisotopic (exact) mass is 262 g/mol. The highest BCUT2D eigenvalue weighted by Crippen LogP contribution is 2.23. The lowest BCUT2D eigenvalue weighted by Gasteiger charge is -2.10. The number of benzene rings is 1. The van der Waals surface area contributed by atoms with Crippen LogP contribution in [-0.2, 0) is 11.3 Å². The SMILES string of the molecule is COCCn1c(C(C)C)nc2ccc(C(=O)O)cc21. The standard InChI is InChI=1S/C14H18N2O3/c1-9(2)13-15-11-5-4-10(14(17)18)8-12(11)16(13)6-7-19-3/h4-5,8-9H,6-7H2,1-3H3,(H,17,18). The Morgan fingerprint density at radius 3 is 2.79 bits per heavy atom. The molecular weight excluding hydrogens is 244 g/mol. The lowest BCUT2D eigenvalue weighted by Crippen LogP contribution is -2.09. The van der Waals surface area contributed by atoms with Crippen molar-refractivity contribution in [3.63, 3.8) is 0 Å². The third kappa shape index (κ3) is 2.61. The number of fused-ring (bicyclic) bond motifs is 1. The van der Waals surface area contributed by atoms with Crippen LogP contribution < -0.4 is 0 Å². The van der Waals surface area contributed by atoms with E-state index < -0.39 is 5.97 Å². The van der Waals surface area contributed by atoms with Crippen molar-refractivity contribution in [1.82, 2.24) is 9.55 Å². The number of carboxylic acid groups (broad SMARTS) is 1. The summed E-state index contributed by atoms with van der Waals surface area (Å²) >= 11 is 0. The Hall–Kier alpha value is -1.88. The van der Waals surface area contributed by atoms with Gasteiger partial charge in [0.15, 0.2) is 0 Å². The van der Waals surface area contributed by atoms with Gasteiger partial charge in [-0.1, -0.05) is 13.8 Å². The van der Waals surface area contributed by atoms with E-state index >= 15 is 0 Å². The summed E-state index contributed by atoms with van der Waals surface area (Å²) in [6.07, 6.45) is 0. The van der Waals surface area contributed by atoms with Crippen molar-refractivity contribution in [3.05, 3.63) is 29.6 Å². The Morgan fingerprint density at radius 2 is 2.21 bits per heavy atom. The average molecular weight is 262 g/mol. The van der Waals surface area contributed by atoms with Crippen molar-refractivity contribution in [2.24, 2.45) is 0 Å². The molecule has 0 saturated carbocycles. The molecule has 2 aromatic rings. The van der Waals surface area contributed by atoms with Crippen LogP contribution in [0.2, 0.25) is 0 Å². The molecule has 0 radical (unpaired) electrons. The minimum Gasteiger partial charge on any atom is -0.478 e. The smallest absolute Gasteiger partial charge is 0.335 e. The van der Waals surface area contributed by atoms with Crippen LogP contribution >= 0.6 is 0 Å². The number of aromatic carboxylic acids is 1. The predicted octanol–water partition coefficient (Wildman–Crippen LogP) is 2.50. The van der Waals surface area contributed by atoms with Gasteiger partial charge in [0.1, 0.15) is 5.82 Å².